The van der Waals surface area contributed by atoms with E-state index < -0.39 is 0 Å². The number of aliphatic hydroxyl groups is 1. The fraction of sp³-hybridized carbons (Fsp3) is 0.667. The Labute approximate surface area is 95.7 Å². The molecular weight excluding hydrogens is 202 g/mol. The first-order valence-corrected chi connectivity index (χ1v) is 5.71. The second kappa shape index (κ2) is 4.67. The summed E-state index contributed by atoms with van der Waals surface area (Å²) in [6.07, 6.45) is 9.72. The van der Waals surface area contributed by atoms with Crippen molar-refractivity contribution in [3.63, 3.8) is 0 Å². The lowest BCUT2D eigenvalue weighted by molar-refractivity contribution is 0.265. The molecular formula is C12H17N3O. The van der Waals surface area contributed by atoms with Gasteiger partial charge in [0.25, 0.3) is 0 Å². The van der Waals surface area contributed by atoms with Crippen molar-refractivity contribution in [2.45, 2.75) is 38.2 Å². The molecule has 16 heavy (non-hydrogen) atoms. The van der Waals surface area contributed by atoms with E-state index in [1.54, 1.807) is 0 Å². The SMILES string of the molecule is C#C[C@H]1CC[C@H](c2nnc(CO)n2C)CC1. The maximum absolute atomic E-state index is 9.06. The van der Waals surface area contributed by atoms with Gasteiger partial charge < -0.3 is 9.67 Å². The minimum Gasteiger partial charge on any atom is -0.388 e. The molecule has 0 aromatic carbocycles. The lowest BCUT2D eigenvalue weighted by atomic mass is 9.82. The predicted molar refractivity (Wildman–Crippen MR) is 60.5 cm³/mol. The van der Waals surface area contributed by atoms with Gasteiger partial charge in [-0.3, -0.25) is 0 Å². The van der Waals surface area contributed by atoms with Gasteiger partial charge in [-0.25, -0.2) is 0 Å². The lowest BCUT2D eigenvalue weighted by Gasteiger charge is -2.24. The molecule has 1 aliphatic carbocycles. The van der Waals surface area contributed by atoms with Crippen molar-refractivity contribution in [2.75, 3.05) is 0 Å². The molecule has 0 bridgehead atoms. The van der Waals surface area contributed by atoms with Gasteiger partial charge in [0.1, 0.15) is 12.4 Å². The highest BCUT2D eigenvalue weighted by Crippen LogP contribution is 2.34. The van der Waals surface area contributed by atoms with Crippen LogP contribution >= 0.6 is 0 Å². The molecule has 4 heteroatoms. The molecule has 1 heterocycles. The Morgan fingerprint density at radius 1 is 1.38 bits per heavy atom. The molecule has 0 saturated heterocycles. The van der Waals surface area contributed by atoms with Crippen LogP contribution in [0.2, 0.25) is 0 Å². The molecule has 1 aromatic heterocycles. The normalized spacial score (nSPS) is 25.3. The van der Waals surface area contributed by atoms with Crippen molar-refractivity contribution in [3.05, 3.63) is 11.6 Å². The second-order valence-corrected chi connectivity index (χ2v) is 4.41. The fourth-order valence-electron chi connectivity index (χ4n) is 2.39. The van der Waals surface area contributed by atoms with E-state index in [1.165, 1.54) is 0 Å². The molecule has 4 nitrogen and oxygen atoms in total. The summed E-state index contributed by atoms with van der Waals surface area (Å²) < 4.78 is 1.90. The van der Waals surface area contributed by atoms with Gasteiger partial charge >= 0.3 is 0 Å². The van der Waals surface area contributed by atoms with Crippen LogP contribution in [0.25, 0.3) is 0 Å². The quantitative estimate of drug-likeness (QED) is 0.761. The Morgan fingerprint density at radius 3 is 2.56 bits per heavy atom. The average Bonchev–Trinajstić information content (AvgIpc) is 2.70. The molecule has 1 N–H and O–H groups in total. The number of hydrogen-bond donors (Lipinski definition) is 1. The third kappa shape index (κ3) is 1.96. The van der Waals surface area contributed by atoms with E-state index in [1.807, 2.05) is 11.6 Å². The number of nitrogens with zero attached hydrogens (tertiary/aromatic N) is 3. The van der Waals surface area contributed by atoms with Crippen LogP contribution in [-0.4, -0.2) is 19.9 Å². The Balaban J connectivity index is 2.09. The molecule has 0 atom stereocenters. The number of terminal acetylenes is 1. The minimum absolute atomic E-state index is 0.0524. The van der Waals surface area contributed by atoms with Crippen molar-refractivity contribution in [1.29, 1.82) is 0 Å². The van der Waals surface area contributed by atoms with E-state index in [2.05, 4.69) is 16.1 Å². The summed E-state index contributed by atoms with van der Waals surface area (Å²) in [4.78, 5) is 0. The number of hydrogen-bond acceptors (Lipinski definition) is 3. The fourth-order valence-corrected chi connectivity index (χ4v) is 2.39. The van der Waals surface area contributed by atoms with Crippen LogP contribution in [0.3, 0.4) is 0 Å². The molecule has 0 spiro atoms. The van der Waals surface area contributed by atoms with Crippen LogP contribution in [-0.2, 0) is 13.7 Å². The number of aliphatic hydroxyl groups excluding tert-OH is 1. The first kappa shape index (κ1) is 11.2. The number of aromatic nitrogens is 3. The average molecular weight is 219 g/mol. The Morgan fingerprint density at radius 2 is 2.06 bits per heavy atom. The molecule has 0 unspecified atom stereocenters. The summed E-state index contributed by atoms with van der Waals surface area (Å²) in [7, 11) is 1.91. The molecule has 1 saturated carbocycles. The molecule has 0 radical (unpaired) electrons. The standard InChI is InChI=1S/C12H17N3O/c1-3-9-4-6-10(7-5-9)12-14-13-11(8-16)15(12)2/h1,9-10,16H,4-8H2,2H3/t9-,10-. The van der Waals surface area contributed by atoms with Gasteiger partial charge in [0, 0.05) is 18.9 Å². The predicted octanol–water partition coefficient (Wildman–Crippen LogP) is 1.21. The smallest absolute Gasteiger partial charge is 0.158 e. The van der Waals surface area contributed by atoms with Gasteiger partial charge in [-0.05, 0) is 25.7 Å². The zero-order valence-corrected chi connectivity index (χ0v) is 9.56. The van der Waals surface area contributed by atoms with E-state index in [4.69, 9.17) is 11.5 Å². The summed E-state index contributed by atoms with van der Waals surface area (Å²) in [5.74, 6) is 5.32. The van der Waals surface area contributed by atoms with Crippen LogP contribution in [0.15, 0.2) is 0 Å². The van der Waals surface area contributed by atoms with Gasteiger partial charge in [-0.15, -0.1) is 22.5 Å². The molecule has 2 rings (SSSR count). The Hall–Kier alpha value is -1.34. The zero-order valence-electron chi connectivity index (χ0n) is 9.56. The molecule has 86 valence electrons. The van der Waals surface area contributed by atoms with E-state index in [-0.39, 0.29) is 6.61 Å². The summed E-state index contributed by atoms with van der Waals surface area (Å²) in [5.41, 5.74) is 0. The first-order valence-electron chi connectivity index (χ1n) is 5.71. The van der Waals surface area contributed by atoms with Crippen molar-refractivity contribution in [2.24, 2.45) is 13.0 Å². The monoisotopic (exact) mass is 219 g/mol. The maximum Gasteiger partial charge on any atom is 0.158 e. The highest BCUT2D eigenvalue weighted by molar-refractivity contribution is 5.05. The van der Waals surface area contributed by atoms with Crippen molar-refractivity contribution in [3.8, 4) is 12.3 Å². The van der Waals surface area contributed by atoms with E-state index in [0.717, 1.165) is 31.5 Å². The summed E-state index contributed by atoms with van der Waals surface area (Å²) >= 11 is 0. The summed E-state index contributed by atoms with van der Waals surface area (Å²) in [6, 6.07) is 0. The second-order valence-electron chi connectivity index (χ2n) is 4.41. The maximum atomic E-state index is 9.06. The van der Waals surface area contributed by atoms with Gasteiger partial charge in [0.05, 0.1) is 0 Å². The molecule has 0 aliphatic heterocycles. The van der Waals surface area contributed by atoms with Crippen LogP contribution < -0.4 is 0 Å². The van der Waals surface area contributed by atoms with Crippen LogP contribution in [0.5, 0.6) is 0 Å². The van der Waals surface area contributed by atoms with Crippen LogP contribution in [0.4, 0.5) is 0 Å². The summed E-state index contributed by atoms with van der Waals surface area (Å²) in [5, 5.41) is 17.2. The van der Waals surface area contributed by atoms with Gasteiger partial charge in [0.15, 0.2) is 5.82 Å². The van der Waals surface area contributed by atoms with E-state index in [0.29, 0.717) is 17.7 Å². The topological polar surface area (TPSA) is 50.9 Å². The third-order valence-corrected chi connectivity index (χ3v) is 3.47. The summed E-state index contributed by atoms with van der Waals surface area (Å²) in [6.45, 7) is -0.0524. The van der Waals surface area contributed by atoms with E-state index >= 15 is 0 Å². The lowest BCUT2D eigenvalue weighted by Crippen LogP contribution is -2.15. The third-order valence-electron chi connectivity index (χ3n) is 3.47. The highest BCUT2D eigenvalue weighted by atomic mass is 16.3. The molecule has 1 aromatic rings. The number of rotatable bonds is 2. The van der Waals surface area contributed by atoms with Gasteiger partial charge in [-0.2, -0.15) is 0 Å². The molecule has 1 fully saturated rings. The van der Waals surface area contributed by atoms with Gasteiger partial charge in [-0.1, -0.05) is 0 Å². The molecule has 0 amide bonds. The van der Waals surface area contributed by atoms with E-state index in [9.17, 15) is 0 Å². The molecule has 1 aliphatic rings. The van der Waals surface area contributed by atoms with Crippen molar-refractivity contribution < 1.29 is 5.11 Å². The van der Waals surface area contributed by atoms with Crippen LogP contribution in [0.1, 0.15) is 43.3 Å². The first-order chi connectivity index (χ1) is 7.76. The highest BCUT2D eigenvalue weighted by Gasteiger charge is 2.25. The van der Waals surface area contributed by atoms with Crippen molar-refractivity contribution in [1.82, 2.24) is 14.8 Å². The van der Waals surface area contributed by atoms with Crippen LogP contribution in [0, 0.1) is 18.3 Å². The Kier molecular flexibility index (Phi) is 3.25. The Bertz CT molecular complexity index is 397. The minimum atomic E-state index is -0.0524. The van der Waals surface area contributed by atoms with Gasteiger partial charge in [0.2, 0.25) is 0 Å². The largest absolute Gasteiger partial charge is 0.388 e. The van der Waals surface area contributed by atoms with Crippen molar-refractivity contribution >= 4 is 0 Å². The zero-order chi connectivity index (χ0) is 11.5.